The summed E-state index contributed by atoms with van der Waals surface area (Å²) >= 11 is 0. The first-order valence-electron chi connectivity index (χ1n) is 5.96. The zero-order valence-corrected chi connectivity index (χ0v) is 10.9. The molecule has 0 aliphatic carbocycles. The minimum atomic E-state index is -0.562. The Balaban J connectivity index is 2.01. The van der Waals surface area contributed by atoms with Gasteiger partial charge in [-0.1, -0.05) is 18.2 Å². The summed E-state index contributed by atoms with van der Waals surface area (Å²) in [7, 11) is 0. The van der Waals surface area contributed by atoms with Gasteiger partial charge in [0.25, 0.3) is 0 Å². The van der Waals surface area contributed by atoms with Gasteiger partial charge in [0.1, 0.15) is 5.82 Å². The van der Waals surface area contributed by atoms with E-state index in [1.165, 1.54) is 18.3 Å². The lowest BCUT2D eigenvalue weighted by Gasteiger charge is -2.09. The highest BCUT2D eigenvalue weighted by molar-refractivity contribution is 6.00. The van der Waals surface area contributed by atoms with E-state index in [-0.39, 0.29) is 5.56 Å². The van der Waals surface area contributed by atoms with Gasteiger partial charge in [0.05, 0.1) is 5.56 Å². The second-order valence-electron chi connectivity index (χ2n) is 4.19. The quantitative estimate of drug-likeness (QED) is 0.797. The third kappa shape index (κ3) is 3.32. The highest BCUT2D eigenvalue weighted by atomic mass is 16.2. The SMILES string of the molecule is Cc1ccccc1NC(=O)Nc1ccc(C(N)=O)cn1. The molecular weight excluding hydrogens is 256 g/mol. The summed E-state index contributed by atoms with van der Waals surface area (Å²) in [6, 6.07) is 10.0. The number of aryl methyl sites for hydroxylation is 1. The van der Waals surface area contributed by atoms with Crippen LogP contribution in [0.25, 0.3) is 0 Å². The predicted octanol–water partition coefficient (Wildman–Crippen LogP) is 2.13. The maximum absolute atomic E-state index is 11.8. The topological polar surface area (TPSA) is 97.1 Å². The van der Waals surface area contributed by atoms with Gasteiger partial charge in [-0.2, -0.15) is 0 Å². The number of benzene rings is 1. The lowest BCUT2D eigenvalue weighted by atomic mass is 10.2. The molecule has 0 saturated carbocycles. The summed E-state index contributed by atoms with van der Waals surface area (Å²) in [5.41, 5.74) is 7.07. The number of hydrogen-bond donors (Lipinski definition) is 3. The van der Waals surface area contributed by atoms with Crippen LogP contribution in [0.5, 0.6) is 0 Å². The molecule has 1 aromatic heterocycles. The van der Waals surface area contributed by atoms with Gasteiger partial charge in [-0.05, 0) is 30.7 Å². The lowest BCUT2D eigenvalue weighted by molar-refractivity contribution is 0.1000. The molecule has 1 heterocycles. The van der Waals surface area contributed by atoms with Crippen LogP contribution < -0.4 is 16.4 Å². The van der Waals surface area contributed by atoms with Gasteiger partial charge >= 0.3 is 6.03 Å². The zero-order chi connectivity index (χ0) is 14.5. The van der Waals surface area contributed by atoms with Crippen molar-refractivity contribution in [2.75, 3.05) is 10.6 Å². The number of aromatic nitrogens is 1. The first-order valence-corrected chi connectivity index (χ1v) is 5.96. The van der Waals surface area contributed by atoms with Crippen molar-refractivity contribution in [3.63, 3.8) is 0 Å². The van der Waals surface area contributed by atoms with Crippen molar-refractivity contribution in [1.82, 2.24) is 4.98 Å². The Kier molecular flexibility index (Phi) is 3.95. The van der Waals surface area contributed by atoms with Crippen LogP contribution in [0.3, 0.4) is 0 Å². The first kappa shape index (κ1) is 13.5. The summed E-state index contributed by atoms with van der Waals surface area (Å²) in [5.74, 6) is -0.227. The highest BCUT2D eigenvalue weighted by Crippen LogP contribution is 2.13. The number of nitrogens with one attached hydrogen (secondary N) is 2. The van der Waals surface area contributed by atoms with Crippen LogP contribution in [-0.4, -0.2) is 16.9 Å². The number of primary amides is 1. The first-order chi connectivity index (χ1) is 9.56. The van der Waals surface area contributed by atoms with Gasteiger partial charge < -0.3 is 11.1 Å². The molecule has 0 fully saturated rings. The molecule has 0 spiro atoms. The maximum Gasteiger partial charge on any atom is 0.324 e. The van der Waals surface area contributed by atoms with Gasteiger partial charge in [0.15, 0.2) is 0 Å². The molecule has 0 atom stereocenters. The fourth-order valence-corrected chi connectivity index (χ4v) is 1.60. The summed E-state index contributed by atoms with van der Waals surface area (Å²) in [4.78, 5) is 26.6. The standard InChI is InChI=1S/C14H14N4O2/c1-9-4-2-3-5-11(9)17-14(20)18-12-7-6-10(8-16-12)13(15)19/h2-8H,1H3,(H2,15,19)(H2,16,17,18,20). The Morgan fingerprint density at radius 1 is 1.10 bits per heavy atom. The Hall–Kier alpha value is -2.89. The zero-order valence-electron chi connectivity index (χ0n) is 10.9. The maximum atomic E-state index is 11.8. The van der Waals surface area contributed by atoms with Crippen LogP contribution >= 0.6 is 0 Å². The number of carbonyl (C=O) groups excluding carboxylic acids is 2. The van der Waals surface area contributed by atoms with E-state index < -0.39 is 11.9 Å². The number of rotatable bonds is 3. The Bertz CT molecular complexity index is 638. The molecule has 0 aliphatic heterocycles. The molecule has 0 aliphatic rings. The normalized spacial score (nSPS) is 9.85. The number of amides is 3. The summed E-state index contributed by atoms with van der Waals surface area (Å²) < 4.78 is 0. The van der Waals surface area contributed by atoms with Crippen molar-refractivity contribution < 1.29 is 9.59 Å². The number of urea groups is 1. The van der Waals surface area contributed by atoms with Crippen molar-refractivity contribution >= 4 is 23.4 Å². The molecule has 6 nitrogen and oxygen atoms in total. The molecule has 0 saturated heterocycles. The van der Waals surface area contributed by atoms with E-state index in [1.54, 1.807) is 6.07 Å². The van der Waals surface area contributed by atoms with Crippen LogP contribution in [-0.2, 0) is 0 Å². The number of carbonyl (C=O) groups is 2. The number of anilines is 2. The predicted molar refractivity (Wildman–Crippen MR) is 76.6 cm³/mol. The van der Waals surface area contributed by atoms with Crippen molar-refractivity contribution in [2.45, 2.75) is 6.92 Å². The van der Waals surface area contributed by atoms with E-state index in [2.05, 4.69) is 15.6 Å². The smallest absolute Gasteiger partial charge is 0.324 e. The number of nitrogens with two attached hydrogens (primary N) is 1. The molecule has 2 rings (SSSR count). The van der Waals surface area contributed by atoms with Crippen molar-refractivity contribution in [3.05, 3.63) is 53.7 Å². The summed E-state index contributed by atoms with van der Waals surface area (Å²) in [5, 5.41) is 5.28. The molecule has 4 N–H and O–H groups in total. The average molecular weight is 270 g/mol. The monoisotopic (exact) mass is 270 g/mol. The number of nitrogens with zero attached hydrogens (tertiary/aromatic N) is 1. The molecule has 0 radical (unpaired) electrons. The molecule has 0 bridgehead atoms. The molecule has 102 valence electrons. The molecule has 2 aromatic rings. The molecule has 0 unspecified atom stereocenters. The van der Waals surface area contributed by atoms with Crippen LogP contribution in [0.2, 0.25) is 0 Å². The lowest BCUT2D eigenvalue weighted by Crippen LogP contribution is -2.20. The second kappa shape index (κ2) is 5.83. The minimum Gasteiger partial charge on any atom is -0.366 e. The highest BCUT2D eigenvalue weighted by Gasteiger charge is 2.06. The van der Waals surface area contributed by atoms with Crippen molar-refractivity contribution in [3.8, 4) is 0 Å². The van der Waals surface area contributed by atoms with Gasteiger partial charge in [0, 0.05) is 11.9 Å². The van der Waals surface area contributed by atoms with Crippen LogP contribution in [0, 0.1) is 6.92 Å². The minimum absolute atomic E-state index is 0.287. The average Bonchev–Trinajstić information content (AvgIpc) is 2.42. The molecule has 3 amide bonds. The third-order valence-electron chi connectivity index (χ3n) is 2.68. The number of para-hydroxylation sites is 1. The Morgan fingerprint density at radius 2 is 1.85 bits per heavy atom. The third-order valence-corrected chi connectivity index (χ3v) is 2.68. The van der Waals surface area contributed by atoms with Crippen LogP contribution in [0.4, 0.5) is 16.3 Å². The molecular formula is C14H14N4O2. The summed E-state index contributed by atoms with van der Waals surface area (Å²) in [6.07, 6.45) is 1.31. The van der Waals surface area contributed by atoms with Gasteiger partial charge in [-0.15, -0.1) is 0 Å². The van der Waals surface area contributed by atoms with Crippen LogP contribution in [0.1, 0.15) is 15.9 Å². The van der Waals surface area contributed by atoms with E-state index >= 15 is 0 Å². The molecule has 20 heavy (non-hydrogen) atoms. The second-order valence-corrected chi connectivity index (χ2v) is 4.19. The summed E-state index contributed by atoms with van der Waals surface area (Å²) in [6.45, 7) is 1.90. The van der Waals surface area contributed by atoms with E-state index in [4.69, 9.17) is 5.73 Å². The van der Waals surface area contributed by atoms with Crippen molar-refractivity contribution in [2.24, 2.45) is 5.73 Å². The van der Waals surface area contributed by atoms with Gasteiger partial charge in [-0.25, -0.2) is 9.78 Å². The van der Waals surface area contributed by atoms with E-state index in [0.717, 1.165) is 11.3 Å². The fraction of sp³-hybridized carbons (Fsp3) is 0.0714. The Labute approximate surface area is 116 Å². The Morgan fingerprint density at radius 3 is 2.45 bits per heavy atom. The molecule has 1 aromatic carbocycles. The van der Waals surface area contributed by atoms with Crippen molar-refractivity contribution in [1.29, 1.82) is 0 Å². The fourth-order valence-electron chi connectivity index (χ4n) is 1.60. The number of pyridine rings is 1. The van der Waals surface area contributed by atoms with E-state index in [9.17, 15) is 9.59 Å². The van der Waals surface area contributed by atoms with E-state index in [1.807, 2.05) is 25.1 Å². The largest absolute Gasteiger partial charge is 0.366 e. The number of hydrogen-bond acceptors (Lipinski definition) is 3. The van der Waals surface area contributed by atoms with E-state index in [0.29, 0.717) is 5.82 Å². The van der Waals surface area contributed by atoms with Gasteiger partial charge in [0.2, 0.25) is 5.91 Å². The van der Waals surface area contributed by atoms with Gasteiger partial charge in [-0.3, -0.25) is 10.1 Å². The molecule has 6 heteroatoms. The van der Waals surface area contributed by atoms with Crippen LogP contribution in [0.15, 0.2) is 42.6 Å².